The first-order valence-corrected chi connectivity index (χ1v) is 19.2. The van der Waals surface area contributed by atoms with Crippen LogP contribution in [0.15, 0.2) is 53.4 Å². The summed E-state index contributed by atoms with van der Waals surface area (Å²) in [5, 5.41) is 12.2. The molecule has 2 fully saturated rings. The van der Waals surface area contributed by atoms with Gasteiger partial charge in [0.1, 0.15) is 11.6 Å². The van der Waals surface area contributed by atoms with Gasteiger partial charge in [-0.05, 0) is 85.4 Å². The highest BCUT2D eigenvalue weighted by Crippen LogP contribution is 2.38. The number of nitrogens with zero attached hydrogens (tertiary/aromatic N) is 7. The summed E-state index contributed by atoms with van der Waals surface area (Å²) >= 11 is 3.62. The summed E-state index contributed by atoms with van der Waals surface area (Å²) in [5.41, 5.74) is 5.07. The van der Waals surface area contributed by atoms with Gasteiger partial charge in [-0.25, -0.2) is 14.1 Å². The lowest BCUT2D eigenvalue weighted by Crippen LogP contribution is -2.52. The standard InChI is InChI=1S/C34H44BrFN9OP/c1-6-23-17-29(31(46-3)19-30(23)44-11-9-25(10-12-44)43-15-13-42(2)14-16-43)40-34-37-21-27(35)33(41-34)39-28-8-7-26(18-32(28)47(4)5)45-22-24(36)20-38-45/h7-8,17-22,25H,6,9-16H2,1-5H3,(H2,37,39,40,41). The van der Waals surface area contributed by atoms with Crippen LogP contribution in [0.25, 0.3) is 5.69 Å². The van der Waals surface area contributed by atoms with Gasteiger partial charge in [0.25, 0.3) is 0 Å². The predicted molar refractivity (Wildman–Crippen MR) is 195 cm³/mol. The molecule has 0 saturated carbocycles. The average Bonchev–Trinajstić information content (AvgIpc) is 3.52. The molecule has 6 rings (SSSR count). The Morgan fingerprint density at radius 3 is 2.43 bits per heavy atom. The molecule has 2 N–H and O–H groups in total. The number of likely N-dealkylation sites (N-methyl/N-ethyl adjacent to an activating group) is 1. The number of hydrogen-bond donors (Lipinski definition) is 2. The predicted octanol–water partition coefficient (Wildman–Crippen LogP) is 6.21. The Hall–Kier alpha value is -3.31. The van der Waals surface area contributed by atoms with Crippen molar-refractivity contribution in [2.24, 2.45) is 0 Å². The fourth-order valence-corrected chi connectivity index (χ4v) is 7.75. The molecule has 250 valence electrons. The van der Waals surface area contributed by atoms with Gasteiger partial charge in [0.05, 0.1) is 35.4 Å². The van der Waals surface area contributed by atoms with Crippen LogP contribution in [0, 0.1) is 5.82 Å². The number of rotatable bonds is 10. The van der Waals surface area contributed by atoms with E-state index < -0.39 is 7.92 Å². The third kappa shape index (κ3) is 7.72. The lowest BCUT2D eigenvalue weighted by Gasteiger charge is -2.43. The van der Waals surface area contributed by atoms with E-state index in [0.717, 1.165) is 65.2 Å². The second kappa shape index (κ2) is 14.8. The Morgan fingerprint density at radius 1 is 1.00 bits per heavy atom. The molecule has 0 radical (unpaired) electrons. The Bertz CT molecular complexity index is 1690. The zero-order valence-electron chi connectivity index (χ0n) is 27.8. The van der Waals surface area contributed by atoms with E-state index in [1.54, 1.807) is 18.0 Å². The number of piperazine rings is 1. The minimum atomic E-state index is -0.495. The van der Waals surface area contributed by atoms with Crippen LogP contribution in [0.3, 0.4) is 0 Å². The monoisotopic (exact) mass is 723 g/mol. The molecule has 10 nitrogen and oxygen atoms in total. The highest BCUT2D eigenvalue weighted by Gasteiger charge is 2.28. The quantitative estimate of drug-likeness (QED) is 0.186. The van der Waals surface area contributed by atoms with Crippen molar-refractivity contribution in [1.82, 2.24) is 29.5 Å². The Morgan fingerprint density at radius 2 is 1.77 bits per heavy atom. The SMILES string of the molecule is CCc1cc(Nc2ncc(Br)c(Nc3ccc(-n4cc(F)cn4)cc3P(C)C)n2)c(OC)cc1N1CCC(N2CCN(C)CC2)CC1. The minimum Gasteiger partial charge on any atom is -0.494 e. The van der Waals surface area contributed by atoms with Crippen molar-refractivity contribution in [3.05, 3.63) is 64.8 Å². The first kappa shape index (κ1) is 33.6. The van der Waals surface area contributed by atoms with Gasteiger partial charge in [0.2, 0.25) is 5.95 Å². The van der Waals surface area contributed by atoms with Gasteiger partial charge in [-0.2, -0.15) is 10.1 Å². The number of ether oxygens (including phenoxy) is 1. The number of methoxy groups -OCH3 is 1. The third-order valence-corrected chi connectivity index (χ3v) is 11.1. The summed E-state index contributed by atoms with van der Waals surface area (Å²) in [6.45, 7) is 13.3. The van der Waals surface area contributed by atoms with Crippen molar-refractivity contribution in [1.29, 1.82) is 0 Å². The maximum atomic E-state index is 13.6. The third-order valence-electron chi connectivity index (χ3n) is 9.16. The second-order valence-corrected chi connectivity index (χ2v) is 15.6. The minimum absolute atomic E-state index is 0.368. The first-order valence-electron chi connectivity index (χ1n) is 16.2. The molecular formula is C34H44BrFN9OP. The van der Waals surface area contributed by atoms with Crippen LogP contribution in [-0.4, -0.2) is 102 Å². The fourth-order valence-electron chi connectivity index (χ4n) is 6.46. The van der Waals surface area contributed by atoms with Crippen LogP contribution >= 0.6 is 23.9 Å². The van der Waals surface area contributed by atoms with Gasteiger partial charge in [-0.3, -0.25) is 4.90 Å². The van der Waals surface area contributed by atoms with Crippen molar-refractivity contribution in [2.75, 3.05) is 82.3 Å². The van der Waals surface area contributed by atoms with Gasteiger partial charge in [0, 0.05) is 74.3 Å². The Balaban J connectivity index is 1.19. The summed E-state index contributed by atoms with van der Waals surface area (Å²) in [6, 6.07) is 11.0. The summed E-state index contributed by atoms with van der Waals surface area (Å²) in [5.74, 6) is 1.48. The number of benzene rings is 2. The molecule has 0 amide bonds. The highest BCUT2D eigenvalue weighted by atomic mass is 79.9. The molecule has 13 heteroatoms. The molecule has 0 bridgehead atoms. The molecule has 47 heavy (non-hydrogen) atoms. The van der Waals surface area contributed by atoms with E-state index >= 15 is 0 Å². The first-order chi connectivity index (χ1) is 22.7. The number of nitrogens with one attached hydrogen (secondary N) is 2. The van der Waals surface area contributed by atoms with E-state index in [4.69, 9.17) is 9.72 Å². The summed E-state index contributed by atoms with van der Waals surface area (Å²) in [6.07, 6.45) is 7.60. The van der Waals surface area contributed by atoms with Crippen molar-refractivity contribution < 1.29 is 9.13 Å². The van der Waals surface area contributed by atoms with Gasteiger partial charge < -0.3 is 25.2 Å². The van der Waals surface area contributed by atoms with E-state index in [1.807, 2.05) is 18.2 Å². The topological polar surface area (TPSA) is 86.6 Å². The molecule has 0 atom stereocenters. The molecule has 2 aromatic heterocycles. The van der Waals surface area contributed by atoms with Crippen LogP contribution < -0.4 is 25.6 Å². The van der Waals surface area contributed by atoms with Crippen LogP contribution in [0.1, 0.15) is 25.3 Å². The molecule has 0 aliphatic carbocycles. The summed E-state index contributed by atoms with van der Waals surface area (Å²) < 4.78 is 21.8. The summed E-state index contributed by atoms with van der Waals surface area (Å²) in [7, 11) is 3.43. The normalized spacial score (nSPS) is 16.6. The molecule has 2 saturated heterocycles. The van der Waals surface area contributed by atoms with Crippen LogP contribution in [0.2, 0.25) is 0 Å². The number of hydrogen-bond acceptors (Lipinski definition) is 9. The van der Waals surface area contributed by atoms with Crippen LogP contribution in [0.5, 0.6) is 5.75 Å². The van der Waals surface area contributed by atoms with E-state index in [2.05, 4.69) is 90.8 Å². The van der Waals surface area contributed by atoms with E-state index in [9.17, 15) is 4.39 Å². The van der Waals surface area contributed by atoms with Gasteiger partial charge in [-0.15, -0.1) is 0 Å². The molecule has 0 spiro atoms. The highest BCUT2D eigenvalue weighted by molar-refractivity contribution is 9.10. The second-order valence-electron chi connectivity index (χ2n) is 12.4. The van der Waals surface area contributed by atoms with Crippen molar-refractivity contribution in [3.63, 3.8) is 0 Å². The van der Waals surface area contributed by atoms with E-state index in [1.165, 1.54) is 49.6 Å². The maximum Gasteiger partial charge on any atom is 0.229 e. The van der Waals surface area contributed by atoms with Crippen molar-refractivity contribution >= 4 is 58.0 Å². The molecule has 2 aromatic carbocycles. The largest absolute Gasteiger partial charge is 0.494 e. The molecular weight excluding hydrogens is 680 g/mol. The molecule has 4 aromatic rings. The van der Waals surface area contributed by atoms with E-state index in [-0.39, 0.29) is 5.82 Å². The Kier molecular flexibility index (Phi) is 10.6. The van der Waals surface area contributed by atoms with Crippen molar-refractivity contribution in [2.45, 2.75) is 32.2 Å². The maximum absolute atomic E-state index is 13.6. The lowest BCUT2D eigenvalue weighted by molar-refractivity contribution is 0.0982. The number of anilines is 5. The number of halogens is 2. The molecule has 2 aliphatic heterocycles. The molecule has 2 aliphatic rings. The van der Waals surface area contributed by atoms with Crippen LogP contribution in [-0.2, 0) is 6.42 Å². The fraction of sp³-hybridized carbons (Fsp3) is 0.441. The molecule has 0 unspecified atom stereocenters. The number of aromatic nitrogens is 4. The van der Waals surface area contributed by atoms with Gasteiger partial charge >= 0.3 is 0 Å². The van der Waals surface area contributed by atoms with Crippen molar-refractivity contribution in [3.8, 4) is 11.4 Å². The summed E-state index contributed by atoms with van der Waals surface area (Å²) in [4.78, 5) is 17.0. The van der Waals surface area contributed by atoms with Gasteiger partial charge in [-0.1, -0.05) is 14.8 Å². The lowest BCUT2D eigenvalue weighted by atomic mass is 9.99. The van der Waals surface area contributed by atoms with Crippen LogP contribution in [0.4, 0.5) is 33.2 Å². The number of aryl methyl sites for hydroxylation is 1. The zero-order chi connectivity index (χ0) is 33.1. The zero-order valence-corrected chi connectivity index (χ0v) is 30.3. The smallest absolute Gasteiger partial charge is 0.229 e. The number of piperidine rings is 1. The van der Waals surface area contributed by atoms with Gasteiger partial charge in [0.15, 0.2) is 5.82 Å². The average molecular weight is 725 g/mol. The molecule has 4 heterocycles. The van der Waals surface area contributed by atoms with E-state index in [0.29, 0.717) is 17.8 Å². The Labute approximate surface area is 286 Å².